The van der Waals surface area contributed by atoms with Crippen LogP contribution in [0.5, 0.6) is 23.3 Å². The van der Waals surface area contributed by atoms with E-state index in [9.17, 15) is 4.79 Å². The second-order valence-electron chi connectivity index (χ2n) is 11.1. The quantitative estimate of drug-likeness (QED) is 0.149. The number of hydrogen-bond donors (Lipinski definition) is 0. The Morgan fingerprint density at radius 2 is 1.08 bits per heavy atom. The minimum absolute atomic E-state index is 0.0288. The number of ketones is 1. The summed E-state index contributed by atoms with van der Waals surface area (Å²) in [4.78, 5) is 32.6. The maximum absolute atomic E-state index is 11.3. The molecule has 0 fully saturated rings. The molecule has 0 aliphatic carbocycles. The summed E-state index contributed by atoms with van der Waals surface area (Å²) in [5.74, 6) is 3.80. The van der Waals surface area contributed by atoms with Crippen LogP contribution in [-0.2, 0) is 0 Å². The van der Waals surface area contributed by atoms with Gasteiger partial charge in [0.05, 0.1) is 6.20 Å². The van der Waals surface area contributed by atoms with Gasteiger partial charge in [-0.2, -0.15) is 0 Å². The van der Waals surface area contributed by atoms with E-state index >= 15 is 0 Å². The molecule has 0 amide bonds. The van der Waals surface area contributed by atoms with Crippen LogP contribution >= 0.6 is 0 Å². The van der Waals surface area contributed by atoms with Gasteiger partial charge in [0.1, 0.15) is 11.5 Å². The van der Waals surface area contributed by atoms with Crippen molar-refractivity contribution in [3.8, 4) is 56.8 Å². The average molecular weight is 648 g/mol. The Labute approximate surface area is 284 Å². The fourth-order valence-corrected chi connectivity index (χ4v) is 5.01. The van der Waals surface area contributed by atoms with E-state index in [4.69, 9.17) is 13.9 Å². The van der Waals surface area contributed by atoms with Gasteiger partial charge in [-0.15, -0.1) is 0 Å². The highest BCUT2D eigenvalue weighted by atomic mass is 16.5. The van der Waals surface area contributed by atoms with Gasteiger partial charge in [0.25, 0.3) is 0 Å². The van der Waals surface area contributed by atoms with Crippen LogP contribution in [0.15, 0.2) is 133 Å². The number of hydrogen-bond acceptors (Lipinski definition) is 9. The highest BCUT2D eigenvalue weighted by Gasteiger charge is 2.13. The first-order valence-corrected chi connectivity index (χ1v) is 15.6. The first kappa shape index (κ1) is 32.5. The molecule has 0 aliphatic rings. The average Bonchev–Trinajstić information content (AvgIpc) is 3.56. The van der Waals surface area contributed by atoms with Gasteiger partial charge in [-0.05, 0) is 117 Å². The Morgan fingerprint density at radius 1 is 0.571 bits per heavy atom. The zero-order valence-corrected chi connectivity index (χ0v) is 27.5. The molecular weight excluding hydrogens is 614 g/mol. The van der Waals surface area contributed by atoms with E-state index in [0.29, 0.717) is 34.7 Å². The van der Waals surface area contributed by atoms with E-state index in [1.54, 1.807) is 61.4 Å². The summed E-state index contributed by atoms with van der Waals surface area (Å²) >= 11 is 0. The van der Waals surface area contributed by atoms with Crippen molar-refractivity contribution in [1.29, 1.82) is 0 Å². The Bertz CT molecular complexity index is 2190. The topological polar surface area (TPSA) is 113 Å². The van der Waals surface area contributed by atoms with Gasteiger partial charge < -0.3 is 13.9 Å². The van der Waals surface area contributed by atoms with Crippen molar-refractivity contribution in [3.05, 3.63) is 151 Å². The van der Waals surface area contributed by atoms with E-state index < -0.39 is 0 Å². The summed E-state index contributed by atoms with van der Waals surface area (Å²) < 4.78 is 17.5. The van der Waals surface area contributed by atoms with Crippen LogP contribution in [0, 0.1) is 20.8 Å². The lowest BCUT2D eigenvalue weighted by atomic mass is 10.0. The second-order valence-corrected chi connectivity index (χ2v) is 11.1. The molecule has 7 rings (SSSR count). The molecule has 0 bridgehead atoms. The number of Topliss-reactive ketones (excluding diaryl/α,β-unsaturated/α-hetero) is 1. The number of pyridine rings is 4. The lowest BCUT2D eigenvalue weighted by Crippen LogP contribution is -1.95. The Hall–Kier alpha value is -6.48. The van der Waals surface area contributed by atoms with E-state index in [1.807, 2.05) is 87.6 Å². The van der Waals surface area contributed by atoms with Crippen molar-refractivity contribution >= 4 is 5.78 Å². The summed E-state index contributed by atoms with van der Waals surface area (Å²) in [6.07, 6.45) is 12.3. The summed E-state index contributed by atoms with van der Waals surface area (Å²) in [5, 5.41) is 0. The van der Waals surface area contributed by atoms with Crippen LogP contribution in [0.25, 0.3) is 33.6 Å². The normalized spacial score (nSPS) is 10.5. The van der Waals surface area contributed by atoms with Gasteiger partial charge in [0.15, 0.2) is 17.4 Å². The maximum Gasteiger partial charge on any atom is 0.227 e. The molecule has 49 heavy (non-hydrogen) atoms. The van der Waals surface area contributed by atoms with Crippen LogP contribution in [-0.4, -0.2) is 30.7 Å². The van der Waals surface area contributed by atoms with E-state index in [0.717, 1.165) is 44.7 Å². The monoisotopic (exact) mass is 647 g/mol. The van der Waals surface area contributed by atoms with Crippen molar-refractivity contribution in [3.63, 3.8) is 0 Å². The number of ether oxygens (including phenoxy) is 2. The molecule has 5 heterocycles. The molecule has 0 aliphatic heterocycles. The van der Waals surface area contributed by atoms with Gasteiger partial charge in [0.2, 0.25) is 11.8 Å². The number of nitrogens with zero attached hydrogens (tertiary/aromatic N) is 5. The van der Waals surface area contributed by atoms with Crippen molar-refractivity contribution < 1.29 is 18.7 Å². The summed E-state index contributed by atoms with van der Waals surface area (Å²) in [6, 6.07) is 26.3. The van der Waals surface area contributed by atoms with E-state index in [2.05, 4.69) is 24.9 Å². The predicted molar refractivity (Wildman–Crippen MR) is 188 cm³/mol. The molecule has 9 nitrogen and oxygen atoms in total. The van der Waals surface area contributed by atoms with Gasteiger partial charge in [-0.1, -0.05) is 0 Å². The lowest BCUT2D eigenvalue weighted by molar-refractivity contribution is 0.101. The summed E-state index contributed by atoms with van der Waals surface area (Å²) in [6.45, 7) is 7.43. The molecule has 7 aromatic rings. The second kappa shape index (κ2) is 15.0. The third-order valence-electron chi connectivity index (χ3n) is 7.65. The van der Waals surface area contributed by atoms with Crippen molar-refractivity contribution in [2.75, 3.05) is 0 Å². The van der Waals surface area contributed by atoms with Crippen LogP contribution in [0.1, 0.15) is 34.3 Å². The molecule has 0 radical (unpaired) electrons. The lowest BCUT2D eigenvalue weighted by Gasteiger charge is -2.11. The number of aryl methyl sites for hydroxylation is 3. The van der Waals surface area contributed by atoms with E-state index in [-0.39, 0.29) is 5.78 Å². The van der Waals surface area contributed by atoms with Crippen molar-refractivity contribution in [2.24, 2.45) is 0 Å². The molecule has 0 saturated carbocycles. The SMILES string of the molecule is CC(=O)c1ccc(Oc2ncccc2-c2cnccc2C)cc1.Cc1ncc(-c2ccc(Oc3ncccc3-c3cnccc3C)cc2)o1. The molecule has 0 atom stereocenters. The zero-order chi connectivity index (χ0) is 34.2. The molecule has 242 valence electrons. The fraction of sp³-hybridized carbons (Fsp3) is 0.100. The van der Waals surface area contributed by atoms with Crippen molar-refractivity contribution in [1.82, 2.24) is 24.9 Å². The molecule has 5 aromatic heterocycles. The fourth-order valence-electron chi connectivity index (χ4n) is 5.01. The molecule has 2 aromatic carbocycles. The highest BCUT2D eigenvalue weighted by Crippen LogP contribution is 2.34. The minimum atomic E-state index is 0.0288. The highest BCUT2D eigenvalue weighted by molar-refractivity contribution is 5.94. The van der Waals surface area contributed by atoms with Gasteiger partial charge in [0, 0.05) is 77.5 Å². The van der Waals surface area contributed by atoms with Gasteiger partial charge in [-0.3, -0.25) is 14.8 Å². The predicted octanol–water partition coefficient (Wildman–Crippen LogP) is 9.65. The van der Waals surface area contributed by atoms with Crippen LogP contribution in [0.2, 0.25) is 0 Å². The molecule has 0 N–H and O–H groups in total. The molecule has 9 heteroatoms. The number of carbonyl (C=O) groups is 1. The smallest absolute Gasteiger partial charge is 0.227 e. The summed E-state index contributed by atoms with van der Waals surface area (Å²) in [7, 11) is 0. The zero-order valence-electron chi connectivity index (χ0n) is 27.5. The van der Waals surface area contributed by atoms with Gasteiger partial charge >= 0.3 is 0 Å². The number of oxazole rings is 1. The van der Waals surface area contributed by atoms with Crippen LogP contribution in [0.3, 0.4) is 0 Å². The van der Waals surface area contributed by atoms with Gasteiger partial charge in [-0.25, -0.2) is 15.0 Å². The first-order chi connectivity index (χ1) is 23.9. The molecule has 0 saturated heterocycles. The largest absolute Gasteiger partial charge is 0.441 e. The summed E-state index contributed by atoms with van der Waals surface area (Å²) in [5.41, 5.74) is 7.60. The number of rotatable bonds is 8. The van der Waals surface area contributed by atoms with Crippen molar-refractivity contribution in [2.45, 2.75) is 27.7 Å². The minimum Gasteiger partial charge on any atom is -0.441 e. The molecule has 0 unspecified atom stereocenters. The van der Waals surface area contributed by atoms with Crippen LogP contribution < -0.4 is 9.47 Å². The van der Waals surface area contributed by atoms with E-state index in [1.165, 1.54) is 6.92 Å². The number of benzene rings is 2. The number of aromatic nitrogens is 5. The number of carbonyl (C=O) groups excluding carboxylic acids is 1. The first-order valence-electron chi connectivity index (χ1n) is 15.6. The Kier molecular flexibility index (Phi) is 9.91. The third kappa shape index (κ3) is 7.91. The standard InChI is InChI=1S/C21H17N3O2.C19H16N2O2/c1-14-9-11-22-12-19(14)18-4-3-10-23-21(18)26-17-7-5-16(6-8-17)20-13-24-15(2)25-20;1-13-9-11-20-12-18(13)17-4-3-10-21-19(17)23-16-7-5-15(6-8-16)14(2)22/h3-13H,1-2H3;3-12H,1-2H3. The van der Waals surface area contributed by atoms with Crippen LogP contribution in [0.4, 0.5) is 0 Å². The Balaban J connectivity index is 0.000000171. The molecular formula is C40H33N5O4. The maximum atomic E-state index is 11.3. The Morgan fingerprint density at radius 3 is 1.53 bits per heavy atom. The third-order valence-corrected chi connectivity index (χ3v) is 7.65. The molecule has 0 spiro atoms.